The normalized spacial score (nSPS) is 14.5. The van der Waals surface area contributed by atoms with E-state index in [1.807, 2.05) is 42.4 Å². The van der Waals surface area contributed by atoms with Gasteiger partial charge in [0, 0.05) is 76.1 Å². The van der Waals surface area contributed by atoms with E-state index >= 15 is 0 Å². The fraction of sp³-hybridized carbons (Fsp3) is 0.879. The van der Waals surface area contributed by atoms with Gasteiger partial charge in [0.2, 0.25) is 23.6 Å². The fourth-order valence-electron chi connectivity index (χ4n) is 4.60. The number of hydrogen-bond acceptors (Lipinski definition) is 12. The number of rotatable bonds is 33. The highest BCUT2D eigenvalue weighted by molar-refractivity contribution is 8.77. The van der Waals surface area contributed by atoms with Crippen molar-refractivity contribution in [3.63, 3.8) is 0 Å². The van der Waals surface area contributed by atoms with E-state index in [0.717, 1.165) is 19.3 Å². The largest absolute Gasteiger partial charge is 0.380 e. The molecule has 1 fully saturated rings. The fourth-order valence-corrected chi connectivity index (χ4v) is 7.62. The van der Waals surface area contributed by atoms with Crippen molar-refractivity contribution in [3.8, 4) is 0 Å². The van der Waals surface area contributed by atoms with Crippen molar-refractivity contribution in [2.45, 2.75) is 82.9 Å². The van der Waals surface area contributed by atoms with Gasteiger partial charge in [-0.1, -0.05) is 28.0 Å². The minimum Gasteiger partial charge on any atom is -0.380 e. The highest BCUT2D eigenvalue weighted by atomic mass is 33.1. The first-order chi connectivity index (χ1) is 23.8. The van der Waals surface area contributed by atoms with E-state index in [9.17, 15) is 19.2 Å². The molecular weight excluding hydrogens is 677 g/mol. The van der Waals surface area contributed by atoms with E-state index in [4.69, 9.17) is 28.4 Å². The third-order valence-electron chi connectivity index (χ3n) is 7.19. The molecule has 1 unspecified atom stereocenters. The SMILES string of the molecule is CCOCCNC(=O)CCOCC(COCCC(=O)NCCOCC)(COCCC(=O)NCCOCC)NC(=O)CCCCC1CCSS1. The Kier molecular flexibility index (Phi) is 28.8. The summed E-state index contributed by atoms with van der Waals surface area (Å²) in [5.74, 6) is 0.487. The summed E-state index contributed by atoms with van der Waals surface area (Å²) in [6.45, 7) is 10.3. The zero-order valence-corrected chi connectivity index (χ0v) is 31.6. The van der Waals surface area contributed by atoms with Crippen molar-refractivity contribution >= 4 is 45.2 Å². The molecule has 4 amide bonds. The maximum absolute atomic E-state index is 13.3. The lowest BCUT2D eigenvalue weighted by Crippen LogP contribution is -2.58. The van der Waals surface area contributed by atoms with Crippen molar-refractivity contribution in [2.24, 2.45) is 0 Å². The molecule has 0 bridgehead atoms. The molecule has 0 aromatic heterocycles. The third kappa shape index (κ3) is 25.9. The van der Waals surface area contributed by atoms with Crippen LogP contribution in [0, 0.1) is 0 Å². The van der Waals surface area contributed by atoms with Gasteiger partial charge in [0.25, 0.3) is 0 Å². The van der Waals surface area contributed by atoms with Crippen molar-refractivity contribution in [1.29, 1.82) is 0 Å². The molecule has 16 heteroatoms. The van der Waals surface area contributed by atoms with Gasteiger partial charge in [0.1, 0.15) is 5.54 Å². The quantitative estimate of drug-likeness (QED) is 0.0573. The van der Waals surface area contributed by atoms with E-state index < -0.39 is 5.54 Å². The molecule has 286 valence electrons. The summed E-state index contributed by atoms with van der Waals surface area (Å²) in [6.07, 6.45) is 4.69. The van der Waals surface area contributed by atoms with Crippen molar-refractivity contribution < 1.29 is 47.6 Å². The second kappa shape index (κ2) is 31.1. The molecule has 1 rings (SSSR count). The van der Waals surface area contributed by atoms with Crippen LogP contribution in [0.25, 0.3) is 0 Å². The van der Waals surface area contributed by atoms with Crippen LogP contribution in [0.5, 0.6) is 0 Å². The maximum Gasteiger partial charge on any atom is 0.222 e. The van der Waals surface area contributed by atoms with E-state index in [0.29, 0.717) is 70.9 Å². The average Bonchev–Trinajstić information content (AvgIpc) is 3.61. The first kappa shape index (κ1) is 45.4. The molecule has 1 aliphatic heterocycles. The van der Waals surface area contributed by atoms with Crippen LogP contribution in [-0.4, -0.2) is 139 Å². The first-order valence-electron chi connectivity index (χ1n) is 17.7. The summed E-state index contributed by atoms with van der Waals surface area (Å²) in [5, 5.41) is 12.1. The predicted molar refractivity (Wildman–Crippen MR) is 193 cm³/mol. The second-order valence-electron chi connectivity index (χ2n) is 11.5. The molecule has 1 atom stereocenters. The van der Waals surface area contributed by atoms with Gasteiger partial charge >= 0.3 is 0 Å². The van der Waals surface area contributed by atoms with E-state index in [1.165, 1.54) is 12.2 Å². The lowest BCUT2D eigenvalue weighted by molar-refractivity contribution is -0.130. The van der Waals surface area contributed by atoms with Crippen molar-refractivity contribution in [3.05, 3.63) is 0 Å². The highest BCUT2D eigenvalue weighted by Gasteiger charge is 2.34. The third-order valence-corrected chi connectivity index (χ3v) is 10.2. The van der Waals surface area contributed by atoms with Gasteiger partial charge in [-0.15, -0.1) is 0 Å². The summed E-state index contributed by atoms with van der Waals surface area (Å²) in [6, 6.07) is 0. The first-order valence-corrected chi connectivity index (χ1v) is 20.1. The maximum atomic E-state index is 13.3. The second-order valence-corrected chi connectivity index (χ2v) is 14.2. The Bertz CT molecular complexity index is 806. The highest BCUT2D eigenvalue weighted by Crippen LogP contribution is 2.39. The van der Waals surface area contributed by atoms with Gasteiger partial charge in [-0.25, -0.2) is 0 Å². The van der Waals surface area contributed by atoms with Gasteiger partial charge in [0.05, 0.1) is 59.5 Å². The average molecular weight is 739 g/mol. The molecule has 1 heterocycles. The van der Waals surface area contributed by atoms with E-state index in [1.54, 1.807) is 0 Å². The summed E-state index contributed by atoms with van der Waals surface area (Å²) in [7, 11) is 3.84. The molecular formula is C33H62N4O10S2. The van der Waals surface area contributed by atoms with Crippen LogP contribution >= 0.6 is 21.6 Å². The van der Waals surface area contributed by atoms with Crippen molar-refractivity contribution in [1.82, 2.24) is 21.3 Å². The van der Waals surface area contributed by atoms with Gasteiger partial charge in [-0.3, -0.25) is 19.2 Å². The number of carbonyl (C=O) groups excluding carboxylic acids is 4. The predicted octanol–water partition coefficient (Wildman–Crippen LogP) is 2.23. The molecule has 0 aromatic rings. The minimum atomic E-state index is -1.11. The molecule has 1 aliphatic rings. The Hall–Kier alpha value is -1.66. The van der Waals surface area contributed by atoms with Crippen LogP contribution in [0.2, 0.25) is 0 Å². The Morgan fingerprint density at radius 2 is 1.04 bits per heavy atom. The minimum absolute atomic E-state index is 0.00199. The lowest BCUT2D eigenvalue weighted by atomic mass is 10.0. The van der Waals surface area contributed by atoms with Gasteiger partial charge in [0.15, 0.2) is 0 Å². The molecule has 0 radical (unpaired) electrons. The Morgan fingerprint density at radius 1 is 0.592 bits per heavy atom. The number of unbranched alkanes of at least 4 members (excludes halogenated alkanes) is 1. The van der Waals surface area contributed by atoms with Crippen LogP contribution in [-0.2, 0) is 47.6 Å². The molecule has 0 aromatic carbocycles. The number of amides is 4. The lowest BCUT2D eigenvalue weighted by Gasteiger charge is -2.34. The van der Waals surface area contributed by atoms with Crippen molar-refractivity contribution in [2.75, 3.05) is 105 Å². The van der Waals surface area contributed by atoms with E-state index in [-0.39, 0.29) is 82.5 Å². The molecule has 0 saturated carbocycles. The monoisotopic (exact) mass is 738 g/mol. The summed E-state index contributed by atoms with van der Waals surface area (Å²) >= 11 is 0. The van der Waals surface area contributed by atoms with Crippen LogP contribution in [0.4, 0.5) is 0 Å². The van der Waals surface area contributed by atoms with Gasteiger partial charge < -0.3 is 49.7 Å². The molecule has 0 aliphatic carbocycles. The number of ether oxygens (including phenoxy) is 6. The standard InChI is InChI=1S/C33H62N4O10S2/c1-4-42-21-15-34-29(38)11-18-45-25-33(26-46-19-12-30(39)35-16-22-43-5-2,27-47-20-13-31(40)36-17-23-44-6-3)37-32(41)10-8-7-9-28-14-24-48-49-28/h28H,4-27H2,1-3H3,(H,34,38)(H,35,39)(H,36,40)(H,37,41). The zero-order chi connectivity index (χ0) is 35.8. The Morgan fingerprint density at radius 3 is 1.43 bits per heavy atom. The summed E-state index contributed by atoms with van der Waals surface area (Å²) in [4.78, 5) is 50.1. The van der Waals surface area contributed by atoms with Crippen LogP contribution in [0.3, 0.4) is 0 Å². The van der Waals surface area contributed by atoms with Crippen LogP contribution < -0.4 is 21.3 Å². The summed E-state index contributed by atoms with van der Waals surface area (Å²) in [5.41, 5.74) is -1.11. The molecule has 1 saturated heterocycles. The van der Waals surface area contributed by atoms with Crippen LogP contribution in [0.1, 0.15) is 72.1 Å². The smallest absolute Gasteiger partial charge is 0.222 e. The van der Waals surface area contributed by atoms with E-state index in [2.05, 4.69) is 21.3 Å². The molecule has 4 N–H and O–H groups in total. The van der Waals surface area contributed by atoms with Gasteiger partial charge in [-0.05, 0) is 40.0 Å². The molecule has 49 heavy (non-hydrogen) atoms. The molecule has 14 nitrogen and oxygen atoms in total. The van der Waals surface area contributed by atoms with Crippen LogP contribution in [0.15, 0.2) is 0 Å². The topological polar surface area (TPSA) is 172 Å². The van der Waals surface area contributed by atoms with Gasteiger partial charge in [-0.2, -0.15) is 0 Å². The Balaban J connectivity index is 2.82. The molecule has 0 spiro atoms. The number of nitrogens with one attached hydrogen (secondary N) is 4. The Labute approximate surface area is 301 Å². The number of hydrogen-bond donors (Lipinski definition) is 4. The summed E-state index contributed by atoms with van der Waals surface area (Å²) < 4.78 is 33.6. The zero-order valence-electron chi connectivity index (χ0n) is 29.9. The number of carbonyl (C=O) groups is 4.